The van der Waals surface area contributed by atoms with E-state index in [1.807, 2.05) is 20.1 Å². The lowest BCUT2D eigenvalue weighted by atomic mass is 10.0. The molecule has 0 saturated carbocycles. The van der Waals surface area contributed by atoms with E-state index in [0.29, 0.717) is 35.1 Å². The van der Waals surface area contributed by atoms with E-state index in [9.17, 15) is 48.3 Å². The van der Waals surface area contributed by atoms with Crippen molar-refractivity contribution in [2.75, 3.05) is 32.8 Å². The first kappa shape index (κ1) is 74.2. The first-order valence-corrected chi connectivity index (χ1v) is 32.0. The molecule has 2 aliphatic heterocycles. The number of aliphatic hydroxyl groups excluding tert-OH is 1. The third-order valence-electron chi connectivity index (χ3n) is 13.8. The lowest BCUT2D eigenvalue weighted by Gasteiger charge is -2.30. The summed E-state index contributed by atoms with van der Waals surface area (Å²) >= 11 is 25.4. The van der Waals surface area contributed by atoms with Crippen molar-refractivity contribution in [1.29, 1.82) is 0 Å². The van der Waals surface area contributed by atoms with E-state index in [2.05, 4.69) is 63.8 Å². The van der Waals surface area contributed by atoms with Gasteiger partial charge in [-0.25, -0.2) is 0 Å². The highest BCUT2D eigenvalue weighted by Gasteiger charge is 2.39. The first-order valence-electron chi connectivity index (χ1n) is 28.1. The molecule has 86 heavy (non-hydrogen) atoms. The van der Waals surface area contributed by atoms with E-state index >= 15 is 0 Å². The number of carbonyl (C=O) groups is 9. The summed E-state index contributed by atoms with van der Waals surface area (Å²) in [6.07, 6.45) is 3.80. The Balaban J connectivity index is 1.78. The zero-order valence-electron chi connectivity index (χ0n) is 51.1. The van der Waals surface area contributed by atoms with Gasteiger partial charge in [0.2, 0.25) is 47.1 Å². The largest absolute Gasteiger partial charge is 0.384 e. The summed E-state index contributed by atoms with van der Waals surface area (Å²) in [5, 5.41) is 46.5. The molecule has 1 aromatic carbocycles. The van der Waals surface area contributed by atoms with Gasteiger partial charge in [-0.15, -0.1) is 11.8 Å². The molecule has 2 heterocycles. The molecule has 13 atom stereocenters. The van der Waals surface area contributed by atoms with Gasteiger partial charge in [-0.3, -0.25) is 43.2 Å². The van der Waals surface area contributed by atoms with Gasteiger partial charge in [0, 0.05) is 45.1 Å². The van der Waals surface area contributed by atoms with Crippen molar-refractivity contribution in [3.63, 3.8) is 0 Å². The van der Waals surface area contributed by atoms with E-state index < -0.39 is 137 Å². The molecule has 8 amide bonds. The third-order valence-corrected chi connectivity index (χ3v) is 17.1. The highest BCUT2D eigenvalue weighted by Crippen LogP contribution is 2.21. The molecular weight excluding hydrogens is 1220 g/mol. The zero-order valence-corrected chi connectivity index (χ0v) is 56.0. The van der Waals surface area contributed by atoms with Crippen LogP contribution >= 0.6 is 72.4 Å². The molecule has 0 aliphatic carbocycles. The molecule has 0 spiro atoms. The van der Waals surface area contributed by atoms with Crippen molar-refractivity contribution in [1.82, 2.24) is 73.6 Å². The van der Waals surface area contributed by atoms with E-state index in [4.69, 9.17) is 48.9 Å². The van der Waals surface area contributed by atoms with E-state index in [1.165, 1.54) is 32.4 Å². The normalized spacial score (nSPS) is 22.7. The average molecular weight is 1310 g/mol. The monoisotopic (exact) mass is 1310 g/mol. The molecule has 0 unspecified atom stereocenters. The first-order chi connectivity index (χ1) is 40.3. The van der Waals surface area contributed by atoms with E-state index in [-0.39, 0.29) is 27.3 Å². The van der Waals surface area contributed by atoms with E-state index in [1.54, 1.807) is 114 Å². The maximum Gasteiger partial charge on any atom is 0.287 e. The summed E-state index contributed by atoms with van der Waals surface area (Å²) in [5.41, 5.74) is 1.00. The summed E-state index contributed by atoms with van der Waals surface area (Å²) in [6, 6.07) is -2.23. The van der Waals surface area contributed by atoms with E-state index in [0.717, 1.165) is 11.8 Å². The minimum absolute atomic E-state index is 0.0185. The molecule has 3 rings (SSSR count). The molecule has 0 radical (unpaired) electrons. The molecule has 30 heteroatoms. The van der Waals surface area contributed by atoms with Crippen LogP contribution in [0.1, 0.15) is 88.1 Å². The van der Waals surface area contributed by atoms with Crippen LogP contribution in [0.4, 0.5) is 0 Å². The molecule has 13 N–H and O–H groups in total. The maximum absolute atomic E-state index is 14.4. The SMILES string of the molecule is CSCC[C@@H](NC(=S)[C@H](NC(=O)C(C)=O)C(C)C)C(=S)N[C@@H](C)C(=O)N[C@@H](C)C(=S)N[C@@H](C)C(=S)N[C@@H](C)C(=O)N[C@@H]1C(=O)N[C@@H](C(C)C)C(=O)N[C@H](C)C(=O)N[C@@H](Cc2ccccc2)C(=O)N[C@@H]([C@H](O)C2=CN(C)CN2C)C(=O)N/C=C\S[C@@H]1C. The number of amides is 8. The van der Waals surface area contributed by atoms with Crippen LogP contribution in [0.15, 0.2) is 53.8 Å². The number of carbonyl (C=O) groups excluding carboxylic acids is 9. The summed E-state index contributed by atoms with van der Waals surface area (Å²) in [5.74, 6) is -6.31. The van der Waals surface area contributed by atoms with Gasteiger partial charge < -0.3 is 78.7 Å². The van der Waals surface area contributed by atoms with Crippen LogP contribution in [0.25, 0.3) is 0 Å². The lowest BCUT2D eigenvalue weighted by molar-refractivity contribution is -0.137. The van der Waals surface area contributed by atoms with Crippen molar-refractivity contribution in [3.8, 4) is 0 Å². The topological polar surface area (TPSA) is 325 Å². The van der Waals surface area contributed by atoms with Gasteiger partial charge in [0.05, 0.1) is 56.5 Å². The summed E-state index contributed by atoms with van der Waals surface area (Å²) in [7, 11) is 3.49. The highest BCUT2D eigenvalue weighted by atomic mass is 32.2. The van der Waals surface area contributed by atoms with Crippen LogP contribution < -0.4 is 63.8 Å². The number of nitrogens with one attached hydrogen (secondary N) is 12. The predicted octanol–water partition coefficient (Wildman–Crippen LogP) is 0.278. The second-order valence-corrected chi connectivity index (χ2v) is 26.0. The molecule has 476 valence electrons. The number of ketones is 1. The minimum Gasteiger partial charge on any atom is -0.384 e. The highest BCUT2D eigenvalue weighted by molar-refractivity contribution is 8.02. The van der Waals surface area contributed by atoms with Crippen LogP contribution in [0, 0.1) is 11.8 Å². The molecule has 0 saturated heterocycles. The minimum atomic E-state index is -1.58. The Morgan fingerprint density at radius 3 is 1.85 bits per heavy atom. The molecular formula is C56H86N14O10S6. The number of thioether (sulfide) groups is 2. The Hall–Kier alpha value is -6.05. The molecule has 1 aromatic rings. The number of hydrogen-bond donors (Lipinski definition) is 13. The number of hydrogen-bond acceptors (Lipinski definition) is 18. The van der Waals surface area contributed by atoms with Gasteiger partial charge in [0.1, 0.15) is 48.4 Å². The average Bonchev–Trinajstić information content (AvgIpc) is 3.37. The number of aliphatic hydroxyl groups is 1. The molecule has 24 nitrogen and oxygen atoms in total. The van der Waals surface area contributed by atoms with Crippen LogP contribution in [-0.4, -0.2) is 198 Å². The van der Waals surface area contributed by atoms with Crippen molar-refractivity contribution >= 4 is 145 Å². The van der Waals surface area contributed by atoms with Gasteiger partial charge in [-0.05, 0) is 75.9 Å². The summed E-state index contributed by atoms with van der Waals surface area (Å²) in [6.45, 7) is 18.2. The number of likely N-dealkylation sites (N-methyl/N-ethyl adjacent to an activating group) is 1. The molecule has 0 aromatic heterocycles. The number of benzene rings is 1. The second-order valence-electron chi connectivity index (χ2n) is 21.9. The molecule has 0 bridgehead atoms. The van der Waals surface area contributed by atoms with Gasteiger partial charge in [-0.1, -0.05) is 114 Å². The predicted molar refractivity (Wildman–Crippen MR) is 352 cm³/mol. The fourth-order valence-corrected chi connectivity index (χ4v) is 11.1. The van der Waals surface area contributed by atoms with Crippen molar-refractivity contribution < 1.29 is 48.3 Å². The fourth-order valence-electron chi connectivity index (χ4n) is 8.56. The van der Waals surface area contributed by atoms with Gasteiger partial charge in [-0.2, -0.15) is 11.8 Å². The maximum atomic E-state index is 14.4. The number of Topliss-reactive ketones (excluding diaryl/α,β-unsaturated/α-hetero) is 1. The standard InChI is InChI=1S/C56H86N14O10S6/c1-27(2)40-51(79)58-29(5)46(74)63-38(24-36-18-16-15-17-19-36)49(77)68-43(44(72)39-25-69(12)26-70(39)13)50(78)57-21-23-86-35(11)42(52(80)65-40)67-47(75)31(7)60-54(82)33(9)62-53(81)32(8)59-45(73)30(6)61-55(83)37(20-22-85-14)64-56(84)41(28(3)4)66-48(76)34(10)71/h15-19,21,23,25,27-33,35,37-38,40-44,72H,20,22,24,26H2,1-14H3,(H,57,78)(H,58,79)(H,59,73)(H,60,82)(H,61,83)(H,62,81)(H,63,74)(H,64,84)(H,65,80)(H,66,76)(H,67,75)(H,68,77)/b23-21-/t29-,30+,31+,32+,33+,35-,37-,38+,40+,41-,42+,43+,44-/m1/s1. The Morgan fingerprint density at radius 2 is 1.28 bits per heavy atom. The number of thiocarbonyl (C=S) groups is 4. The van der Waals surface area contributed by atoms with Gasteiger partial charge >= 0.3 is 0 Å². The third kappa shape index (κ3) is 23.2. The molecule has 2 aliphatic rings. The van der Waals surface area contributed by atoms with Crippen LogP contribution in [0.2, 0.25) is 0 Å². The van der Waals surface area contributed by atoms with Crippen LogP contribution in [-0.2, 0) is 49.6 Å². The lowest BCUT2D eigenvalue weighted by Crippen LogP contribution is -2.62. The summed E-state index contributed by atoms with van der Waals surface area (Å²) < 4.78 is 0. The van der Waals surface area contributed by atoms with Crippen molar-refractivity contribution in [3.05, 3.63) is 59.4 Å². The Bertz CT molecular complexity index is 2710. The number of nitrogens with zero attached hydrogens (tertiary/aromatic N) is 2. The Kier molecular flexibility index (Phi) is 30.8. The fraction of sp³-hybridized carbons (Fsp3) is 0.589. The van der Waals surface area contributed by atoms with Crippen LogP contribution in [0.5, 0.6) is 0 Å². The van der Waals surface area contributed by atoms with Gasteiger partial charge in [0.25, 0.3) is 5.91 Å². The van der Waals surface area contributed by atoms with Crippen LogP contribution in [0.3, 0.4) is 0 Å². The van der Waals surface area contributed by atoms with Gasteiger partial charge in [0.15, 0.2) is 0 Å². The van der Waals surface area contributed by atoms with Crippen molar-refractivity contribution in [2.24, 2.45) is 11.8 Å². The number of rotatable bonds is 23. The van der Waals surface area contributed by atoms with Crippen molar-refractivity contribution in [2.45, 2.75) is 167 Å². The Labute approximate surface area is 534 Å². The zero-order chi connectivity index (χ0) is 64.9. The quantitative estimate of drug-likeness (QED) is 0.0517. The second kappa shape index (κ2) is 35.7. The Morgan fingerprint density at radius 1 is 0.698 bits per heavy atom. The smallest absolute Gasteiger partial charge is 0.287 e. The summed E-state index contributed by atoms with van der Waals surface area (Å²) in [4.78, 5) is 127. The molecule has 0 fully saturated rings.